The molecule has 17 heavy (non-hydrogen) atoms. The van der Waals surface area contributed by atoms with E-state index >= 15 is 0 Å². The number of ether oxygens (including phenoxy) is 1. The summed E-state index contributed by atoms with van der Waals surface area (Å²) in [5, 5.41) is 3.00. The van der Waals surface area contributed by atoms with E-state index in [9.17, 15) is 0 Å². The number of hydrogen-bond acceptors (Lipinski definition) is 4. The van der Waals surface area contributed by atoms with Crippen LogP contribution in [0.25, 0.3) is 0 Å². The van der Waals surface area contributed by atoms with E-state index in [2.05, 4.69) is 10.3 Å². The zero-order valence-electron chi connectivity index (χ0n) is 10.0. The van der Waals surface area contributed by atoms with Crippen molar-refractivity contribution >= 4 is 0 Å². The molecule has 1 atom stereocenters. The van der Waals surface area contributed by atoms with E-state index in [0.29, 0.717) is 12.4 Å². The molecular formula is C13H16N2O2. The van der Waals surface area contributed by atoms with Crippen LogP contribution in [0.4, 0.5) is 0 Å². The fourth-order valence-corrected chi connectivity index (χ4v) is 1.72. The number of nitrogens with zero attached hydrogens (tertiary/aromatic N) is 1. The minimum absolute atomic E-state index is 0.200. The highest BCUT2D eigenvalue weighted by Gasteiger charge is 2.17. The van der Waals surface area contributed by atoms with Crippen LogP contribution in [0.15, 0.2) is 40.9 Å². The van der Waals surface area contributed by atoms with Gasteiger partial charge < -0.3 is 14.5 Å². The molecule has 0 aliphatic rings. The largest absolute Gasteiger partial charge is 0.441 e. The predicted octanol–water partition coefficient (Wildman–Crippen LogP) is 2.13. The summed E-state index contributed by atoms with van der Waals surface area (Å²) in [6.07, 6.45) is 1.52. The van der Waals surface area contributed by atoms with Crippen LogP contribution in [0.5, 0.6) is 0 Å². The van der Waals surface area contributed by atoms with Crippen molar-refractivity contribution in [2.24, 2.45) is 0 Å². The van der Waals surface area contributed by atoms with Crippen LogP contribution in [-0.4, -0.2) is 19.1 Å². The van der Waals surface area contributed by atoms with Gasteiger partial charge in [0.1, 0.15) is 6.10 Å². The van der Waals surface area contributed by atoms with E-state index in [1.54, 1.807) is 13.3 Å². The molecule has 1 aromatic carbocycles. The van der Waals surface area contributed by atoms with Crippen LogP contribution in [0, 0.1) is 0 Å². The zero-order valence-corrected chi connectivity index (χ0v) is 10.0. The standard InChI is InChI=1S/C13H16N2O2/c1-14-9-12-15-8-11(17-12)13(16-2)10-6-4-3-5-7-10/h3-8,13-14H,9H2,1-2H3. The molecule has 4 nitrogen and oxygen atoms in total. The van der Waals surface area contributed by atoms with Crippen LogP contribution in [0.2, 0.25) is 0 Å². The summed E-state index contributed by atoms with van der Waals surface area (Å²) in [6, 6.07) is 9.95. The van der Waals surface area contributed by atoms with Crippen molar-refractivity contribution in [1.29, 1.82) is 0 Å². The summed E-state index contributed by atoms with van der Waals surface area (Å²) in [5.74, 6) is 1.39. The molecule has 0 radical (unpaired) electrons. The maximum atomic E-state index is 5.63. The Labute approximate surface area is 101 Å². The van der Waals surface area contributed by atoms with E-state index in [1.807, 2.05) is 37.4 Å². The Morgan fingerprint density at radius 3 is 2.76 bits per heavy atom. The topological polar surface area (TPSA) is 47.3 Å². The van der Waals surface area contributed by atoms with Gasteiger partial charge in [-0.25, -0.2) is 4.98 Å². The van der Waals surface area contributed by atoms with Crippen LogP contribution in [0.3, 0.4) is 0 Å². The van der Waals surface area contributed by atoms with Gasteiger partial charge in [0.2, 0.25) is 5.89 Å². The van der Waals surface area contributed by atoms with Crippen molar-refractivity contribution in [2.75, 3.05) is 14.2 Å². The van der Waals surface area contributed by atoms with Crippen LogP contribution >= 0.6 is 0 Å². The number of benzene rings is 1. The van der Waals surface area contributed by atoms with Crippen molar-refractivity contribution in [3.05, 3.63) is 53.7 Å². The highest BCUT2D eigenvalue weighted by Crippen LogP contribution is 2.25. The first kappa shape index (κ1) is 11.8. The van der Waals surface area contributed by atoms with Gasteiger partial charge in [-0.2, -0.15) is 0 Å². The highest BCUT2D eigenvalue weighted by molar-refractivity contribution is 5.23. The van der Waals surface area contributed by atoms with Gasteiger partial charge in [0.25, 0.3) is 0 Å². The summed E-state index contributed by atoms with van der Waals surface area (Å²) >= 11 is 0. The van der Waals surface area contributed by atoms with Crippen molar-refractivity contribution < 1.29 is 9.15 Å². The lowest BCUT2D eigenvalue weighted by molar-refractivity contribution is 0.115. The quantitative estimate of drug-likeness (QED) is 0.857. The first-order chi connectivity index (χ1) is 8.35. The molecule has 0 bridgehead atoms. The Morgan fingerprint density at radius 2 is 2.12 bits per heavy atom. The molecule has 2 rings (SSSR count). The molecule has 0 fully saturated rings. The summed E-state index contributed by atoms with van der Waals surface area (Å²) < 4.78 is 11.1. The second-order valence-corrected chi connectivity index (χ2v) is 3.71. The smallest absolute Gasteiger partial charge is 0.208 e. The fraction of sp³-hybridized carbons (Fsp3) is 0.308. The van der Waals surface area contributed by atoms with E-state index in [4.69, 9.17) is 9.15 Å². The lowest BCUT2D eigenvalue weighted by Gasteiger charge is -2.12. The molecule has 1 aromatic heterocycles. The molecular weight excluding hydrogens is 216 g/mol. The first-order valence-electron chi connectivity index (χ1n) is 5.52. The van der Waals surface area contributed by atoms with Gasteiger partial charge in [0.15, 0.2) is 5.76 Å². The average Bonchev–Trinajstić information content (AvgIpc) is 2.81. The molecule has 0 amide bonds. The third-order valence-electron chi connectivity index (χ3n) is 2.50. The molecule has 1 N–H and O–H groups in total. The summed E-state index contributed by atoms with van der Waals surface area (Å²) in [4.78, 5) is 4.19. The monoisotopic (exact) mass is 232 g/mol. The van der Waals surface area contributed by atoms with Gasteiger partial charge in [0, 0.05) is 7.11 Å². The highest BCUT2D eigenvalue weighted by atomic mass is 16.5. The summed E-state index contributed by atoms with van der Waals surface area (Å²) in [7, 11) is 3.52. The Hall–Kier alpha value is -1.65. The molecule has 90 valence electrons. The second kappa shape index (κ2) is 5.61. The number of hydrogen-bond donors (Lipinski definition) is 1. The maximum Gasteiger partial charge on any atom is 0.208 e. The lowest BCUT2D eigenvalue weighted by atomic mass is 10.1. The van der Waals surface area contributed by atoms with E-state index in [0.717, 1.165) is 11.3 Å². The molecule has 0 saturated heterocycles. The molecule has 0 spiro atoms. The van der Waals surface area contributed by atoms with Gasteiger partial charge in [-0.1, -0.05) is 30.3 Å². The van der Waals surface area contributed by atoms with E-state index in [-0.39, 0.29) is 6.10 Å². The van der Waals surface area contributed by atoms with E-state index < -0.39 is 0 Å². The normalized spacial score (nSPS) is 12.6. The molecule has 2 aromatic rings. The molecule has 4 heteroatoms. The Balaban J connectivity index is 2.23. The van der Waals surface area contributed by atoms with E-state index in [1.165, 1.54) is 0 Å². The van der Waals surface area contributed by atoms with Gasteiger partial charge >= 0.3 is 0 Å². The Bertz CT molecular complexity index is 453. The number of aromatic nitrogens is 1. The van der Waals surface area contributed by atoms with Crippen molar-refractivity contribution in [3.63, 3.8) is 0 Å². The first-order valence-corrected chi connectivity index (χ1v) is 5.52. The Kier molecular flexibility index (Phi) is 3.90. The third-order valence-corrected chi connectivity index (χ3v) is 2.50. The minimum Gasteiger partial charge on any atom is -0.441 e. The summed E-state index contributed by atoms with van der Waals surface area (Å²) in [5.41, 5.74) is 1.06. The van der Waals surface area contributed by atoms with Gasteiger partial charge in [0.05, 0.1) is 12.7 Å². The number of rotatable bonds is 5. The van der Waals surface area contributed by atoms with Crippen molar-refractivity contribution in [1.82, 2.24) is 10.3 Å². The maximum absolute atomic E-state index is 5.63. The van der Waals surface area contributed by atoms with Gasteiger partial charge in [-0.05, 0) is 12.6 Å². The fourth-order valence-electron chi connectivity index (χ4n) is 1.72. The van der Waals surface area contributed by atoms with Crippen LogP contribution < -0.4 is 5.32 Å². The minimum atomic E-state index is -0.200. The second-order valence-electron chi connectivity index (χ2n) is 3.71. The summed E-state index contributed by atoms with van der Waals surface area (Å²) in [6.45, 7) is 0.616. The molecule has 0 aliphatic carbocycles. The number of nitrogens with one attached hydrogen (secondary N) is 1. The van der Waals surface area contributed by atoms with Crippen LogP contribution in [-0.2, 0) is 11.3 Å². The SMILES string of the molecule is CNCc1ncc(C(OC)c2ccccc2)o1. The van der Waals surface area contributed by atoms with Crippen molar-refractivity contribution in [3.8, 4) is 0 Å². The zero-order chi connectivity index (χ0) is 12.1. The van der Waals surface area contributed by atoms with Gasteiger partial charge in [-0.15, -0.1) is 0 Å². The van der Waals surface area contributed by atoms with Crippen molar-refractivity contribution in [2.45, 2.75) is 12.6 Å². The average molecular weight is 232 g/mol. The van der Waals surface area contributed by atoms with Gasteiger partial charge in [-0.3, -0.25) is 0 Å². The lowest BCUT2D eigenvalue weighted by Crippen LogP contribution is -2.05. The molecule has 1 unspecified atom stereocenters. The molecule has 0 aliphatic heterocycles. The predicted molar refractivity (Wildman–Crippen MR) is 64.6 cm³/mol. The van der Waals surface area contributed by atoms with Crippen LogP contribution in [0.1, 0.15) is 23.3 Å². The molecule has 1 heterocycles. The third kappa shape index (κ3) is 2.72. The Morgan fingerprint density at radius 1 is 1.35 bits per heavy atom. The number of oxazole rings is 1. The molecule has 0 saturated carbocycles. The number of methoxy groups -OCH3 is 1.